The number of aromatic nitrogens is 4. The van der Waals surface area contributed by atoms with Crippen LogP contribution in [-0.4, -0.2) is 26.3 Å². The molecule has 0 saturated carbocycles. The minimum atomic E-state index is -0.221. The molecule has 106 valence electrons. The number of hydrogen-bond donors (Lipinski definition) is 2. The van der Waals surface area contributed by atoms with E-state index in [2.05, 4.69) is 25.7 Å². The van der Waals surface area contributed by atoms with Crippen molar-refractivity contribution in [2.75, 3.05) is 5.32 Å². The molecule has 0 unspecified atom stereocenters. The van der Waals surface area contributed by atoms with E-state index in [1.165, 1.54) is 6.39 Å². The fraction of sp³-hybridized carbons (Fsp3) is 0.143. The summed E-state index contributed by atoms with van der Waals surface area (Å²) in [5.41, 5.74) is 2.26. The molecule has 0 aliphatic carbocycles. The third kappa shape index (κ3) is 2.81. The number of carbonyl (C=O) groups excluding carboxylic acids is 1. The first-order chi connectivity index (χ1) is 10.3. The highest BCUT2D eigenvalue weighted by molar-refractivity contribution is 6.03. The molecule has 7 heteroatoms. The third-order valence-corrected chi connectivity index (χ3v) is 3.01. The summed E-state index contributed by atoms with van der Waals surface area (Å²) in [7, 11) is 0. The summed E-state index contributed by atoms with van der Waals surface area (Å²) in [6, 6.07) is 8.71. The maximum absolute atomic E-state index is 12.1. The zero-order valence-electron chi connectivity index (χ0n) is 11.3. The van der Waals surface area contributed by atoms with Crippen molar-refractivity contribution in [2.45, 2.75) is 13.3 Å². The molecule has 0 radical (unpaired) electrons. The van der Waals surface area contributed by atoms with E-state index in [-0.39, 0.29) is 5.91 Å². The summed E-state index contributed by atoms with van der Waals surface area (Å²) in [6.07, 6.45) is 2.10. The average Bonchev–Trinajstić information content (AvgIpc) is 3.19. The number of rotatable bonds is 4. The summed E-state index contributed by atoms with van der Waals surface area (Å²) in [4.78, 5) is 12.1. The van der Waals surface area contributed by atoms with Gasteiger partial charge in [0.25, 0.3) is 5.91 Å². The van der Waals surface area contributed by atoms with Crippen LogP contribution in [0.25, 0.3) is 11.5 Å². The van der Waals surface area contributed by atoms with Gasteiger partial charge in [-0.05, 0) is 30.7 Å². The first kappa shape index (κ1) is 13.0. The highest BCUT2D eigenvalue weighted by atomic mass is 16.4. The Morgan fingerprint density at radius 1 is 1.33 bits per heavy atom. The van der Waals surface area contributed by atoms with Gasteiger partial charge in [0.1, 0.15) is 0 Å². The summed E-state index contributed by atoms with van der Waals surface area (Å²) in [6.45, 7) is 2.01. The lowest BCUT2D eigenvalue weighted by atomic mass is 10.1. The summed E-state index contributed by atoms with van der Waals surface area (Å²) >= 11 is 0. The van der Waals surface area contributed by atoms with Crippen molar-refractivity contribution in [1.29, 1.82) is 0 Å². The van der Waals surface area contributed by atoms with Crippen molar-refractivity contribution in [3.8, 4) is 11.5 Å². The largest absolute Gasteiger partial charge is 0.423 e. The fourth-order valence-electron chi connectivity index (χ4n) is 1.86. The van der Waals surface area contributed by atoms with E-state index < -0.39 is 0 Å². The molecule has 2 aromatic heterocycles. The zero-order chi connectivity index (χ0) is 14.7. The van der Waals surface area contributed by atoms with Gasteiger partial charge in [0, 0.05) is 22.9 Å². The Morgan fingerprint density at radius 2 is 2.14 bits per heavy atom. The molecule has 0 spiro atoms. The third-order valence-electron chi connectivity index (χ3n) is 3.01. The van der Waals surface area contributed by atoms with Crippen LogP contribution >= 0.6 is 0 Å². The first-order valence-corrected chi connectivity index (χ1v) is 6.48. The molecule has 2 N–H and O–H groups in total. The molecule has 0 aliphatic rings. The number of carbonyl (C=O) groups is 1. The molecule has 3 aromatic rings. The van der Waals surface area contributed by atoms with Crippen LogP contribution in [0.4, 0.5) is 5.82 Å². The van der Waals surface area contributed by atoms with E-state index >= 15 is 0 Å². The molecule has 21 heavy (non-hydrogen) atoms. The first-order valence-electron chi connectivity index (χ1n) is 6.48. The van der Waals surface area contributed by atoms with Gasteiger partial charge in [-0.1, -0.05) is 6.92 Å². The molecule has 0 saturated heterocycles. The Bertz CT molecular complexity index is 731. The highest BCUT2D eigenvalue weighted by Gasteiger charge is 2.10. The normalized spacial score (nSPS) is 10.5. The van der Waals surface area contributed by atoms with Crippen LogP contribution in [0.2, 0.25) is 0 Å². The summed E-state index contributed by atoms with van der Waals surface area (Å²) < 4.78 is 5.09. The van der Waals surface area contributed by atoms with E-state index in [0.717, 1.165) is 17.7 Å². The van der Waals surface area contributed by atoms with Gasteiger partial charge in [0.15, 0.2) is 5.82 Å². The second-order valence-corrected chi connectivity index (χ2v) is 4.41. The molecule has 1 aromatic carbocycles. The predicted molar refractivity (Wildman–Crippen MR) is 75.7 cm³/mol. The van der Waals surface area contributed by atoms with E-state index in [1.807, 2.05) is 13.0 Å². The second-order valence-electron chi connectivity index (χ2n) is 4.41. The quantitative estimate of drug-likeness (QED) is 0.765. The molecule has 0 fully saturated rings. The minimum absolute atomic E-state index is 0.221. The van der Waals surface area contributed by atoms with Crippen molar-refractivity contribution >= 4 is 11.7 Å². The lowest BCUT2D eigenvalue weighted by molar-refractivity contribution is 0.102. The number of anilines is 1. The molecule has 1 amide bonds. The number of nitrogens with zero attached hydrogens (tertiary/aromatic N) is 3. The Morgan fingerprint density at radius 3 is 2.76 bits per heavy atom. The van der Waals surface area contributed by atoms with E-state index in [9.17, 15) is 4.79 Å². The lowest BCUT2D eigenvalue weighted by Gasteiger charge is -2.02. The number of nitrogens with one attached hydrogen (secondary N) is 2. The smallest absolute Gasteiger partial charge is 0.256 e. The fourth-order valence-corrected chi connectivity index (χ4v) is 1.86. The molecular weight excluding hydrogens is 270 g/mol. The molecule has 3 rings (SSSR count). The van der Waals surface area contributed by atoms with Crippen molar-refractivity contribution in [3.63, 3.8) is 0 Å². The monoisotopic (exact) mass is 283 g/mol. The van der Waals surface area contributed by atoms with Gasteiger partial charge in [-0.25, -0.2) is 0 Å². The van der Waals surface area contributed by atoms with Crippen LogP contribution in [0.1, 0.15) is 23.0 Å². The van der Waals surface area contributed by atoms with Crippen LogP contribution in [0.3, 0.4) is 0 Å². The zero-order valence-corrected chi connectivity index (χ0v) is 11.3. The van der Waals surface area contributed by atoms with Gasteiger partial charge in [-0.3, -0.25) is 9.89 Å². The molecular formula is C14H13N5O2. The van der Waals surface area contributed by atoms with E-state index in [1.54, 1.807) is 24.3 Å². The highest BCUT2D eigenvalue weighted by Crippen LogP contribution is 2.17. The van der Waals surface area contributed by atoms with Gasteiger partial charge >= 0.3 is 0 Å². The van der Waals surface area contributed by atoms with E-state index in [0.29, 0.717) is 17.3 Å². The Hall–Kier alpha value is -2.96. The summed E-state index contributed by atoms with van der Waals surface area (Å²) in [5, 5.41) is 17.0. The Balaban J connectivity index is 1.73. The van der Waals surface area contributed by atoms with Gasteiger partial charge in [0.2, 0.25) is 12.3 Å². The molecule has 0 bridgehead atoms. The molecule has 7 nitrogen and oxygen atoms in total. The summed E-state index contributed by atoms with van der Waals surface area (Å²) in [5.74, 6) is 0.709. The molecule has 2 heterocycles. The van der Waals surface area contributed by atoms with Gasteiger partial charge in [-0.2, -0.15) is 5.10 Å². The number of aryl methyl sites for hydroxylation is 1. The maximum Gasteiger partial charge on any atom is 0.256 e. The predicted octanol–water partition coefficient (Wildman–Crippen LogP) is 2.27. The molecule has 0 atom stereocenters. The van der Waals surface area contributed by atoms with Crippen LogP contribution in [0, 0.1) is 0 Å². The Labute approximate surface area is 120 Å². The van der Waals surface area contributed by atoms with Crippen molar-refractivity contribution in [3.05, 3.63) is 48.0 Å². The number of amides is 1. The second kappa shape index (κ2) is 5.58. The SMILES string of the molecule is CCc1cc(NC(=O)c2ccc(-c3nnco3)cc2)n[nH]1. The standard InChI is InChI=1S/C14H13N5O2/c1-2-11-7-12(18-17-11)16-13(20)9-3-5-10(6-4-9)14-19-15-8-21-14/h3-8H,2H2,1H3,(H2,16,17,18,20). The Kier molecular flexibility index (Phi) is 3.46. The van der Waals surface area contributed by atoms with E-state index in [4.69, 9.17) is 4.42 Å². The lowest BCUT2D eigenvalue weighted by Crippen LogP contribution is -2.11. The van der Waals surface area contributed by atoms with Crippen molar-refractivity contribution in [1.82, 2.24) is 20.4 Å². The maximum atomic E-state index is 12.1. The molecule has 0 aliphatic heterocycles. The average molecular weight is 283 g/mol. The van der Waals surface area contributed by atoms with Gasteiger partial charge < -0.3 is 9.73 Å². The van der Waals surface area contributed by atoms with Gasteiger partial charge in [-0.15, -0.1) is 10.2 Å². The van der Waals surface area contributed by atoms with Crippen molar-refractivity contribution in [2.24, 2.45) is 0 Å². The topological polar surface area (TPSA) is 96.7 Å². The number of benzene rings is 1. The number of hydrogen-bond acceptors (Lipinski definition) is 5. The number of H-pyrrole nitrogens is 1. The van der Waals surface area contributed by atoms with Crippen LogP contribution in [-0.2, 0) is 6.42 Å². The van der Waals surface area contributed by atoms with Gasteiger partial charge in [0.05, 0.1) is 0 Å². The van der Waals surface area contributed by atoms with Crippen LogP contribution in [0.5, 0.6) is 0 Å². The van der Waals surface area contributed by atoms with Crippen LogP contribution < -0.4 is 5.32 Å². The minimum Gasteiger partial charge on any atom is -0.423 e. The van der Waals surface area contributed by atoms with Crippen molar-refractivity contribution < 1.29 is 9.21 Å². The number of aromatic amines is 1. The van der Waals surface area contributed by atoms with Crippen LogP contribution in [0.15, 0.2) is 41.1 Å².